The Labute approximate surface area is 222 Å². The molecule has 0 unspecified atom stereocenters. The minimum absolute atomic E-state index is 0.0281. The Morgan fingerprint density at radius 1 is 1.16 bits per heavy atom. The van der Waals surface area contributed by atoms with Crippen molar-refractivity contribution in [3.8, 4) is 11.6 Å². The molecule has 1 aliphatic heterocycles. The summed E-state index contributed by atoms with van der Waals surface area (Å²) >= 11 is 0. The van der Waals surface area contributed by atoms with Crippen LogP contribution in [-0.2, 0) is 14.6 Å². The van der Waals surface area contributed by atoms with Crippen molar-refractivity contribution in [1.82, 2.24) is 19.4 Å². The lowest BCUT2D eigenvalue weighted by atomic mass is 9.85. The first kappa shape index (κ1) is 26.4. The third-order valence-electron chi connectivity index (χ3n) is 7.35. The van der Waals surface area contributed by atoms with Crippen LogP contribution in [0, 0.1) is 5.92 Å². The summed E-state index contributed by atoms with van der Waals surface area (Å²) in [4.78, 5) is 23.5. The number of likely N-dealkylation sites (tertiary alicyclic amines) is 1. The second-order valence-electron chi connectivity index (χ2n) is 10.3. The van der Waals surface area contributed by atoms with Crippen molar-refractivity contribution >= 4 is 32.6 Å². The molecule has 204 valence electrons. The molecule has 9 nitrogen and oxygen atoms in total. The molecule has 11 heteroatoms. The number of hydrogen-bond acceptors (Lipinski definition) is 7. The number of ether oxygens (including phenoxy) is 1. The van der Waals surface area contributed by atoms with Gasteiger partial charge in [0.1, 0.15) is 27.6 Å². The molecule has 1 aliphatic carbocycles. The normalized spacial score (nSPS) is 22.1. The lowest BCUT2D eigenvalue weighted by molar-refractivity contribution is -0.135. The topological polar surface area (TPSA) is 106 Å². The van der Waals surface area contributed by atoms with Crippen LogP contribution in [0.2, 0.25) is 0 Å². The number of fused-ring (bicyclic) bond motifs is 1. The molecule has 1 amide bonds. The number of nitrogens with zero attached hydrogens (tertiary/aromatic N) is 4. The van der Waals surface area contributed by atoms with Gasteiger partial charge in [0.2, 0.25) is 11.9 Å². The number of benzene rings is 1. The highest BCUT2D eigenvalue weighted by molar-refractivity contribution is 7.90. The van der Waals surface area contributed by atoms with Crippen molar-refractivity contribution in [2.45, 2.75) is 50.7 Å². The molecule has 1 N–H and O–H groups in total. The van der Waals surface area contributed by atoms with Gasteiger partial charge in [-0.05, 0) is 62.8 Å². The summed E-state index contributed by atoms with van der Waals surface area (Å²) < 4.78 is 44.1. The Morgan fingerprint density at radius 2 is 1.97 bits per heavy atom. The summed E-state index contributed by atoms with van der Waals surface area (Å²) in [5.74, 6) is 2.11. The molecule has 2 aromatic heterocycles. The van der Waals surface area contributed by atoms with E-state index in [9.17, 15) is 17.6 Å². The Balaban J connectivity index is 1.21. The molecule has 0 bridgehead atoms. The smallest absolute Gasteiger partial charge is 0.225 e. The Kier molecular flexibility index (Phi) is 7.83. The summed E-state index contributed by atoms with van der Waals surface area (Å²) in [6.45, 7) is 1.09. The van der Waals surface area contributed by atoms with Crippen LogP contribution in [0.3, 0.4) is 0 Å². The van der Waals surface area contributed by atoms with Gasteiger partial charge in [0.25, 0.3) is 0 Å². The van der Waals surface area contributed by atoms with Crippen LogP contribution < -0.4 is 10.1 Å². The van der Waals surface area contributed by atoms with E-state index in [1.165, 1.54) is 6.26 Å². The maximum Gasteiger partial charge on any atom is 0.225 e. The molecular weight excluding hydrogens is 509 g/mol. The fraction of sp³-hybridized carbons (Fsp3) is 0.519. The van der Waals surface area contributed by atoms with Gasteiger partial charge in [-0.2, -0.15) is 4.98 Å². The molecule has 1 aromatic carbocycles. The fourth-order valence-electron chi connectivity index (χ4n) is 5.36. The Hall–Kier alpha value is -3.21. The van der Waals surface area contributed by atoms with Crippen LogP contribution in [0.15, 0.2) is 42.7 Å². The minimum atomic E-state index is -3.01. The van der Waals surface area contributed by atoms with E-state index in [2.05, 4.69) is 10.3 Å². The lowest BCUT2D eigenvalue weighted by Gasteiger charge is -2.30. The van der Waals surface area contributed by atoms with E-state index >= 15 is 0 Å². The zero-order valence-electron chi connectivity index (χ0n) is 21.6. The Morgan fingerprint density at radius 3 is 2.71 bits per heavy atom. The predicted octanol–water partition coefficient (Wildman–Crippen LogP) is 3.78. The van der Waals surface area contributed by atoms with E-state index in [1.54, 1.807) is 11.1 Å². The number of nitrogens with one attached hydrogen (secondary N) is 1. The number of aromatic nitrogens is 3. The first-order chi connectivity index (χ1) is 18.3. The van der Waals surface area contributed by atoms with Gasteiger partial charge >= 0.3 is 0 Å². The van der Waals surface area contributed by atoms with E-state index < -0.39 is 16.0 Å². The number of amides is 1. The van der Waals surface area contributed by atoms with Crippen LogP contribution in [0.4, 0.5) is 10.3 Å². The average molecular weight is 544 g/mol. The molecule has 3 aromatic rings. The summed E-state index contributed by atoms with van der Waals surface area (Å²) in [6, 6.07) is 9.74. The van der Waals surface area contributed by atoms with Crippen molar-refractivity contribution in [3.63, 3.8) is 0 Å². The molecule has 2 aliphatic rings. The SMILES string of the molecule is CS(=O)(=O)CCCOc1cccc2c1ccn2-c1ccnc(N[C@H]2CC[C@H](C(=O)N3CC[C@@H](F)C3)CC2)n1. The number of halogens is 1. The number of rotatable bonds is 9. The maximum atomic E-state index is 13.5. The van der Waals surface area contributed by atoms with Crippen molar-refractivity contribution in [1.29, 1.82) is 0 Å². The van der Waals surface area contributed by atoms with Gasteiger partial charge < -0.3 is 19.5 Å². The van der Waals surface area contributed by atoms with E-state index in [0.29, 0.717) is 43.5 Å². The van der Waals surface area contributed by atoms with Crippen molar-refractivity contribution in [2.24, 2.45) is 5.92 Å². The Bertz CT molecular complexity index is 1390. The highest BCUT2D eigenvalue weighted by atomic mass is 32.2. The summed E-state index contributed by atoms with van der Waals surface area (Å²) in [7, 11) is -3.01. The second-order valence-corrected chi connectivity index (χ2v) is 12.6. The van der Waals surface area contributed by atoms with Crippen LogP contribution in [-0.4, -0.2) is 77.7 Å². The van der Waals surface area contributed by atoms with Gasteiger partial charge in [-0.1, -0.05) is 6.07 Å². The molecule has 0 radical (unpaired) electrons. The monoisotopic (exact) mass is 543 g/mol. The van der Waals surface area contributed by atoms with Gasteiger partial charge in [0.15, 0.2) is 0 Å². The quantitative estimate of drug-likeness (QED) is 0.410. The van der Waals surface area contributed by atoms with Crippen LogP contribution in [0.1, 0.15) is 38.5 Å². The van der Waals surface area contributed by atoms with Gasteiger partial charge in [0.05, 0.1) is 24.4 Å². The first-order valence-corrected chi connectivity index (χ1v) is 15.3. The van der Waals surface area contributed by atoms with Crippen molar-refractivity contribution < 1.29 is 22.3 Å². The molecule has 1 atom stereocenters. The van der Waals surface area contributed by atoms with Gasteiger partial charge in [-0.25, -0.2) is 17.8 Å². The zero-order valence-corrected chi connectivity index (χ0v) is 22.4. The van der Waals surface area contributed by atoms with E-state index in [4.69, 9.17) is 9.72 Å². The van der Waals surface area contributed by atoms with Crippen molar-refractivity contribution in [3.05, 3.63) is 42.7 Å². The lowest BCUT2D eigenvalue weighted by Crippen LogP contribution is -2.38. The summed E-state index contributed by atoms with van der Waals surface area (Å²) in [6.07, 6.45) is 8.10. The van der Waals surface area contributed by atoms with Crippen LogP contribution in [0.25, 0.3) is 16.7 Å². The first-order valence-electron chi connectivity index (χ1n) is 13.2. The fourth-order valence-corrected chi connectivity index (χ4v) is 6.01. The molecule has 3 heterocycles. The van der Waals surface area contributed by atoms with Gasteiger partial charge in [-0.15, -0.1) is 0 Å². The van der Waals surface area contributed by atoms with Gasteiger partial charge in [-0.3, -0.25) is 4.79 Å². The minimum Gasteiger partial charge on any atom is -0.493 e. The highest BCUT2D eigenvalue weighted by Crippen LogP contribution is 2.30. The molecular formula is C27H34FN5O4S. The zero-order chi connectivity index (χ0) is 26.7. The van der Waals surface area contributed by atoms with Crippen molar-refractivity contribution in [2.75, 3.05) is 37.0 Å². The van der Waals surface area contributed by atoms with Gasteiger partial charge in [0, 0.05) is 42.5 Å². The van der Waals surface area contributed by atoms with E-state index in [1.807, 2.05) is 41.1 Å². The molecule has 5 rings (SSSR count). The predicted molar refractivity (Wildman–Crippen MR) is 144 cm³/mol. The number of sulfone groups is 1. The third kappa shape index (κ3) is 6.25. The summed E-state index contributed by atoms with van der Waals surface area (Å²) in [5.41, 5.74) is 0.923. The average Bonchev–Trinajstić information content (AvgIpc) is 3.53. The molecule has 2 fully saturated rings. The maximum absolute atomic E-state index is 13.5. The molecule has 1 saturated carbocycles. The molecule has 38 heavy (non-hydrogen) atoms. The number of carbonyl (C=O) groups is 1. The van der Waals surface area contributed by atoms with E-state index in [-0.39, 0.29) is 30.2 Å². The summed E-state index contributed by atoms with van der Waals surface area (Å²) in [5, 5.41) is 4.35. The number of carbonyl (C=O) groups excluding carboxylic acids is 1. The third-order valence-corrected chi connectivity index (χ3v) is 8.38. The highest BCUT2D eigenvalue weighted by Gasteiger charge is 2.33. The number of hydrogen-bond donors (Lipinski definition) is 1. The molecule has 1 saturated heterocycles. The second kappa shape index (κ2) is 11.3. The van der Waals surface area contributed by atoms with E-state index in [0.717, 1.165) is 36.6 Å². The number of alkyl halides is 1. The standard InChI is InChI=1S/C27H34FN5O4S/c1-38(35,36)17-3-16-37-24-5-2-4-23-22(24)12-15-33(23)25-10-13-29-27(31-25)30-21-8-6-19(7-9-21)26(34)32-14-11-20(28)18-32/h2,4-5,10,12-13,15,19-21H,3,6-9,11,14,16-18H2,1H3,(H,29,30,31)/t19-,20-,21-/m1/s1. The molecule has 0 spiro atoms. The van der Waals surface area contributed by atoms with Crippen LogP contribution in [0.5, 0.6) is 5.75 Å². The largest absolute Gasteiger partial charge is 0.493 e. The number of anilines is 1. The van der Waals surface area contributed by atoms with Crippen LogP contribution >= 0.6 is 0 Å².